The Kier molecular flexibility index (Phi) is 6.75. The van der Waals surface area contributed by atoms with Crippen molar-refractivity contribution in [2.24, 2.45) is 16.6 Å². The Labute approximate surface area is 220 Å². The Bertz CT molecular complexity index is 1400. The van der Waals surface area contributed by atoms with Crippen LogP contribution in [0.25, 0.3) is 0 Å². The summed E-state index contributed by atoms with van der Waals surface area (Å²) in [6, 6.07) is 18.1. The topological polar surface area (TPSA) is 157 Å². The van der Waals surface area contributed by atoms with Crippen molar-refractivity contribution in [1.29, 1.82) is 0 Å². The van der Waals surface area contributed by atoms with Crippen LogP contribution in [0.15, 0.2) is 71.9 Å². The molecule has 0 aliphatic carbocycles. The molecule has 10 nitrogen and oxygen atoms in total. The first-order chi connectivity index (χ1) is 18.3. The molecule has 0 saturated carbocycles. The Hall–Kier alpha value is -4.41. The van der Waals surface area contributed by atoms with Gasteiger partial charge in [0.1, 0.15) is 12.2 Å². The first kappa shape index (κ1) is 25.2. The molecule has 3 aromatic rings. The van der Waals surface area contributed by atoms with Crippen LogP contribution in [-0.2, 0) is 17.8 Å². The van der Waals surface area contributed by atoms with E-state index in [1.54, 1.807) is 42.5 Å². The van der Waals surface area contributed by atoms with Crippen LogP contribution in [0.3, 0.4) is 0 Å². The highest BCUT2D eigenvalue weighted by Gasteiger charge is 2.45. The lowest BCUT2D eigenvalue weighted by molar-refractivity contribution is -0.119. The largest absolute Gasteiger partial charge is 0.627 e. The van der Waals surface area contributed by atoms with Crippen molar-refractivity contribution < 1.29 is 14.8 Å². The molecule has 1 saturated heterocycles. The summed E-state index contributed by atoms with van der Waals surface area (Å²) in [5.41, 5.74) is 15.3. The number of nitrogens with one attached hydrogen (secondary N) is 1. The van der Waals surface area contributed by atoms with Crippen LogP contribution in [0.5, 0.6) is 0 Å². The summed E-state index contributed by atoms with van der Waals surface area (Å²) in [5, 5.41) is 29.8. The number of amides is 2. The molecule has 0 aromatic heterocycles. The van der Waals surface area contributed by atoms with Crippen molar-refractivity contribution in [1.82, 2.24) is 4.65 Å². The Balaban J connectivity index is 1.47. The molecular weight excluding hydrogens is 484 g/mol. The monoisotopic (exact) mass is 514 g/mol. The molecule has 38 heavy (non-hydrogen) atoms. The fourth-order valence-corrected chi connectivity index (χ4v) is 5.33. The second-order valence-electron chi connectivity index (χ2n) is 9.80. The van der Waals surface area contributed by atoms with Gasteiger partial charge in [-0.2, -0.15) is 0 Å². The summed E-state index contributed by atoms with van der Waals surface area (Å²) in [4.78, 5) is 27.4. The molecule has 196 valence electrons. The third-order valence-corrected chi connectivity index (χ3v) is 7.36. The number of hydrogen-bond donors (Lipinski definition) is 4. The second-order valence-corrected chi connectivity index (χ2v) is 9.80. The van der Waals surface area contributed by atoms with Gasteiger partial charge in [-0.05, 0) is 43.2 Å². The van der Waals surface area contributed by atoms with Gasteiger partial charge in [-0.3, -0.25) is 9.59 Å². The molecule has 1 fully saturated rings. The number of oxime groups is 1. The minimum absolute atomic E-state index is 0.0580. The second kappa shape index (κ2) is 10.2. The van der Waals surface area contributed by atoms with E-state index < -0.39 is 22.5 Å². The maximum atomic E-state index is 14.6. The number of carbonyl (C=O) groups excluding carboxylic acids is 2. The van der Waals surface area contributed by atoms with Gasteiger partial charge in [0.25, 0.3) is 5.91 Å². The maximum absolute atomic E-state index is 14.6. The summed E-state index contributed by atoms with van der Waals surface area (Å²) in [5.74, 6) is -1.09. The highest BCUT2D eigenvalue weighted by atomic mass is 16.6. The van der Waals surface area contributed by atoms with Gasteiger partial charge in [-0.15, -0.1) is 0 Å². The Morgan fingerprint density at radius 3 is 2.42 bits per heavy atom. The summed E-state index contributed by atoms with van der Waals surface area (Å²) >= 11 is 0. The van der Waals surface area contributed by atoms with Crippen LogP contribution >= 0.6 is 0 Å². The first-order valence-corrected chi connectivity index (χ1v) is 12.5. The fraction of sp³-hybridized carbons (Fsp3) is 0.250. The van der Waals surface area contributed by atoms with Gasteiger partial charge in [0.2, 0.25) is 5.91 Å². The number of fused-ring (bicyclic) bond motifs is 1. The van der Waals surface area contributed by atoms with Crippen molar-refractivity contribution in [3.8, 4) is 0 Å². The van der Waals surface area contributed by atoms with Gasteiger partial charge in [0.05, 0.1) is 0 Å². The molecule has 0 spiro atoms. The van der Waals surface area contributed by atoms with E-state index in [-0.39, 0.29) is 18.8 Å². The quantitative estimate of drug-likeness (QED) is 0.0948. The van der Waals surface area contributed by atoms with E-state index in [1.807, 2.05) is 24.3 Å². The molecule has 3 aromatic carbocycles. The van der Waals surface area contributed by atoms with Gasteiger partial charge < -0.3 is 36.7 Å². The van der Waals surface area contributed by atoms with Gasteiger partial charge >= 0.3 is 0 Å². The zero-order valence-corrected chi connectivity index (χ0v) is 20.8. The van der Waals surface area contributed by atoms with E-state index in [2.05, 4.69) is 15.4 Å². The van der Waals surface area contributed by atoms with Crippen molar-refractivity contribution in [2.75, 3.05) is 23.3 Å². The highest BCUT2D eigenvalue weighted by Crippen LogP contribution is 2.41. The average molecular weight is 515 g/mol. The van der Waals surface area contributed by atoms with E-state index in [0.29, 0.717) is 33.6 Å². The standard InChI is InChI=1S/C28H30N6O4/c29-26(32-37)21-11-10-20-14-25(28(36)31-22-4-3-5-23(16-22)33-12-1-2-13-33)34(38,24(20)15-21)17-18-6-8-19(9-7-18)27(30)35/h3-11,15-16,25,37H,1-2,12-14,17H2,(H2,29,32)(H2,30,35)(H,31,36). The average Bonchev–Trinajstić information content (AvgIpc) is 3.55. The van der Waals surface area contributed by atoms with Crippen LogP contribution in [0, 0.1) is 5.21 Å². The van der Waals surface area contributed by atoms with Crippen molar-refractivity contribution in [3.05, 3.63) is 94.2 Å². The van der Waals surface area contributed by atoms with Gasteiger partial charge in [-0.25, -0.2) is 0 Å². The van der Waals surface area contributed by atoms with E-state index in [9.17, 15) is 14.8 Å². The highest BCUT2D eigenvalue weighted by molar-refractivity contribution is 6.00. The smallest absolute Gasteiger partial charge is 0.283 e. The summed E-state index contributed by atoms with van der Waals surface area (Å²) in [6.45, 7) is 1.90. The summed E-state index contributed by atoms with van der Waals surface area (Å²) < 4.78 is -0.963. The number of nitrogens with zero attached hydrogens (tertiary/aromatic N) is 3. The third kappa shape index (κ3) is 4.79. The van der Waals surface area contributed by atoms with Gasteiger partial charge in [0.15, 0.2) is 11.9 Å². The fourth-order valence-electron chi connectivity index (χ4n) is 5.33. The number of amidine groups is 1. The predicted molar refractivity (Wildman–Crippen MR) is 147 cm³/mol. The normalized spacial score (nSPS) is 20.8. The minimum Gasteiger partial charge on any atom is -0.627 e. The van der Waals surface area contributed by atoms with Crippen molar-refractivity contribution in [2.45, 2.75) is 31.8 Å². The predicted octanol–water partition coefficient (Wildman–Crippen LogP) is 3.05. The van der Waals surface area contributed by atoms with Crippen LogP contribution in [0.4, 0.5) is 17.1 Å². The van der Waals surface area contributed by atoms with Crippen molar-refractivity contribution in [3.63, 3.8) is 0 Å². The molecule has 6 N–H and O–H groups in total. The zero-order chi connectivity index (χ0) is 26.9. The molecule has 0 bridgehead atoms. The van der Waals surface area contributed by atoms with Crippen LogP contribution in [0.1, 0.15) is 39.9 Å². The number of hydrogen-bond acceptors (Lipinski definition) is 6. The maximum Gasteiger partial charge on any atom is 0.283 e. The van der Waals surface area contributed by atoms with Crippen LogP contribution in [0.2, 0.25) is 0 Å². The van der Waals surface area contributed by atoms with E-state index in [1.165, 1.54) is 0 Å². The third-order valence-electron chi connectivity index (χ3n) is 7.36. The molecule has 0 radical (unpaired) electrons. The molecule has 2 atom stereocenters. The van der Waals surface area contributed by atoms with Crippen molar-refractivity contribution >= 4 is 34.7 Å². The molecule has 2 unspecified atom stereocenters. The van der Waals surface area contributed by atoms with Gasteiger partial charge in [-0.1, -0.05) is 35.5 Å². The number of quaternary nitrogens is 1. The van der Waals surface area contributed by atoms with E-state index in [0.717, 1.165) is 31.6 Å². The Morgan fingerprint density at radius 1 is 1.03 bits per heavy atom. The number of anilines is 2. The summed E-state index contributed by atoms with van der Waals surface area (Å²) in [7, 11) is 0. The van der Waals surface area contributed by atoms with Crippen LogP contribution in [-0.4, -0.2) is 42.0 Å². The molecule has 2 amide bonds. The van der Waals surface area contributed by atoms with E-state index in [4.69, 9.17) is 16.7 Å². The summed E-state index contributed by atoms with van der Waals surface area (Å²) in [6.07, 6.45) is 2.51. The SMILES string of the molecule is NC(=O)c1ccc(C[N+]2([O-])c3cc(/C(N)=N\O)ccc3CC2C(=O)Nc2cccc(N3CCCC3)c2)cc1. The first-order valence-electron chi connectivity index (χ1n) is 12.5. The molecule has 2 heterocycles. The van der Waals surface area contributed by atoms with Crippen LogP contribution < -0.4 is 26.3 Å². The lowest BCUT2D eigenvalue weighted by Crippen LogP contribution is -2.54. The van der Waals surface area contributed by atoms with E-state index >= 15 is 0 Å². The number of rotatable bonds is 7. The molecule has 5 rings (SSSR count). The zero-order valence-electron chi connectivity index (χ0n) is 20.8. The lowest BCUT2D eigenvalue weighted by Gasteiger charge is -2.43. The minimum atomic E-state index is -0.973. The lowest BCUT2D eigenvalue weighted by atomic mass is 10.1. The number of nitrogens with two attached hydrogens (primary N) is 2. The molecule has 2 aliphatic rings. The van der Waals surface area contributed by atoms with Gasteiger partial charge in [0, 0.05) is 59.2 Å². The number of benzene rings is 3. The number of primary amides is 1. The Morgan fingerprint density at radius 2 is 1.74 bits per heavy atom. The molecular formula is C28H30N6O4. The number of carbonyl (C=O) groups is 2. The molecule has 10 heteroatoms. The molecule has 2 aliphatic heterocycles. The number of hydroxylamine groups is 2.